The van der Waals surface area contributed by atoms with Gasteiger partial charge in [-0.25, -0.2) is 4.68 Å². The van der Waals surface area contributed by atoms with Gasteiger partial charge in [-0.2, -0.15) is 0 Å². The van der Waals surface area contributed by atoms with Crippen LogP contribution in [0.1, 0.15) is 25.8 Å². The number of halogens is 1. The fraction of sp³-hybridized carbons (Fsp3) is 0.483. The lowest BCUT2D eigenvalue weighted by Gasteiger charge is -2.38. The van der Waals surface area contributed by atoms with E-state index in [1.807, 2.05) is 68.4 Å². The first-order chi connectivity index (χ1) is 19.8. The minimum atomic E-state index is -1.22. The zero-order valence-electron chi connectivity index (χ0n) is 22.8. The highest BCUT2D eigenvalue weighted by atomic mass is 79.9. The molecular weight excluding hydrogens is 592 g/mol. The van der Waals surface area contributed by atoms with Crippen molar-refractivity contribution in [1.82, 2.24) is 30.5 Å². The Kier molecular flexibility index (Phi) is 7.33. The van der Waals surface area contributed by atoms with E-state index in [9.17, 15) is 19.5 Å². The first-order valence-electron chi connectivity index (χ1n) is 13.9. The Hall–Kier alpha value is -3.35. The van der Waals surface area contributed by atoms with Gasteiger partial charge in [-0.1, -0.05) is 77.5 Å². The van der Waals surface area contributed by atoms with Crippen molar-refractivity contribution >= 4 is 44.7 Å². The van der Waals surface area contributed by atoms with E-state index in [0.29, 0.717) is 18.5 Å². The van der Waals surface area contributed by atoms with Crippen LogP contribution in [-0.4, -0.2) is 77.9 Å². The van der Waals surface area contributed by atoms with Crippen molar-refractivity contribution in [3.63, 3.8) is 0 Å². The minimum absolute atomic E-state index is 0.0340. The van der Waals surface area contributed by atoms with E-state index in [2.05, 4.69) is 36.9 Å². The molecule has 3 amide bonds. The van der Waals surface area contributed by atoms with Gasteiger partial charge in [0.25, 0.3) is 0 Å². The molecule has 3 N–H and O–H groups in total. The molecule has 3 fully saturated rings. The molecule has 0 saturated carbocycles. The number of alkyl halides is 1. The summed E-state index contributed by atoms with van der Waals surface area (Å²) in [7, 11) is 0. The van der Waals surface area contributed by atoms with Crippen LogP contribution in [0, 0.1) is 17.8 Å². The maximum absolute atomic E-state index is 14.2. The quantitative estimate of drug-likeness (QED) is 0.307. The Morgan fingerprint density at radius 1 is 1.12 bits per heavy atom. The van der Waals surface area contributed by atoms with Crippen molar-refractivity contribution in [3.8, 4) is 0 Å². The van der Waals surface area contributed by atoms with E-state index < -0.39 is 41.5 Å². The molecule has 11 nitrogen and oxygen atoms in total. The molecule has 2 aromatic carbocycles. The molecule has 216 valence electrons. The molecule has 1 spiro atoms. The summed E-state index contributed by atoms with van der Waals surface area (Å²) in [6.07, 6.45) is -0.184. The maximum atomic E-state index is 14.2. The van der Waals surface area contributed by atoms with Gasteiger partial charge in [-0.15, -0.1) is 5.10 Å². The second kappa shape index (κ2) is 10.8. The van der Waals surface area contributed by atoms with Crippen LogP contribution in [0.4, 0.5) is 0 Å². The second-order valence-electron chi connectivity index (χ2n) is 11.4. The lowest BCUT2D eigenvalue weighted by molar-refractivity contribution is -0.147. The maximum Gasteiger partial charge on any atom is 0.247 e. The summed E-state index contributed by atoms with van der Waals surface area (Å²) in [6, 6.07) is 15.3. The number of hydrogen-bond donors (Lipinski definition) is 3. The normalized spacial score (nSPS) is 29.2. The zero-order chi connectivity index (χ0) is 28.9. The highest BCUT2D eigenvalue weighted by Crippen LogP contribution is 2.60. The minimum Gasteiger partial charge on any atom is -0.394 e. The standard InChI is InChI=1S/C29H33BrN6O5/c1-16(2)21(14-37)36-25(27(39)32-15-35-20-11-7-6-10-19(20)33-34-35)29-12-18(30)24(41-29)22(23(29)28(36)40)26(38)31-13-17-8-4-3-5-9-17/h3-11,16,18,21-25,37H,12-15H2,1-2H3,(H,31,38)(H,32,39)/t18?,21-,22+,23-,24+,25?,29?/m0/s1. The number of benzene rings is 2. The van der Waals surface area contributed by atoms with Gasteiger partial charge in [0.15, 0.2) is 0 Å². The molecule has 6 rings (SSSR count). The predicted octanol–water partition coefficient (Wildman–Crippen LogP) is 1.59. The summed E-state index contributed by atoms with van der Waals surface area (Å²) < 4.78 is 8.13. The van der Waals surface area contributed by atoms with E-state index in [4.69, 9.17) is 4.74 Å². The van der Waals surface area contributed by atoms with Crippen LogP contribution in [-0.2, 0) is 32.3 Å². The molecule has 3 saturated heterocycles. The Balaban J connectivity index is 1.31. The molecule has 2 bridgehead atoms. The van der Waals surface area contributed by atoms with Gasteiger partial charge in [0.1, 0.15) is 23.8 Å². The summed E-state index contributed by atoms with van der Waals surface area (Å²) in [5.41, 5.74) is 1.17. The number of aromatic nitrogens is 3. The molecule has 41 heavy (non-hydrogen) atoms. The van der Waals surface area contributed by atoms with Gasteiger partial charge in [-0.3, -0.25) is 14.4 Å². The van der Waals surface area contributed by atoms with Crippen molar-refractivity contribution in [1.29, 1.82) is 0 Å². The summed E-state index contributed by atoms with van der Waals surface area (Å²) in [5, 5.41) is 24.6. The van der Waals surface area contributed by atoms with E-state index in [-0.39, 0.29) is 35.8 Å². The van der Waals surface area contributed by atoms with E-state index in [1.165, 1.54) is 4.90 Å². The molecule has 3 unspecified atom stereocenters. The fourth-order valence-corrected chi connectivity index (χ4v) is 7.77. The number of aliphatic hydroxyl groups is 1. The third kappa shape index (κ3) is 4.52. The number of nitrogens with zero attached hydrogens (tertiary/aromatic N) is 4. The van der Waals surface area contributed by atoms with Crippen molar-refractivity contribution < 1.29 is 24.2 Å². The second-order valence-corrected chi connectivity index (χ2v) is 12.6. The van der Waals surface area contributed by atoms with E-state index >= 15 is 0 Å². The summed E-state index contributed by atoms with van der Waals surface area (Å²) in [6.45, 7) is 3.81. The first kappa shape index (κ1) is 27.8. The number of amides is 3. The smallest absolute Gasteiger partial charge is 0.247 e. The number of aliphatic hydroxyl groups excluding tert-OH is 1. The van der Waals surface area contributed by atoms with Gasteiger partial charge in [0.05, 0.1) is 36.1 Å². The van der Waals surface area contributed by atoms with Crippen molar-refractivity contribution in [2.24, 2.45) is 17.8 Å². The highest BCUT2D eigenvalue weighted by molar-refractivity contribution is 9.09. The molecule has 3 aliphatic rings. The Morgan fingerprint density at radius 3 is 2.59 bits per heavy atom. The van der Waals surface area contributed by atoms with Crippen LogP contribution in [0.3, 0.4) is 0 Å². The summed E-state index contributed by atoms with van der Waals surface area (Å²) in [5.74, 6) is -2.83. The van der Waals surface area contributed by atoms with Crippen LogP contribution in [0.5, 0.6) is 0 Å². The van der Waals surface area contributed by atoms with Crippen molar-refractivity contribution in [2.75, 3.05) is 6.61 Å². The Bertz CT molecular complexity index is 1470. The molecular formula is C29H33BrN6O5. The zero-order valence-corrected chi connectivity index (χ0v) is 24.4. The lowest BCUT2D eigenvalue weighted by Crippen LogP contribution is -2.59. The third-order valence-corrected chi connectivity index (χ3v) is 9.57. The summed E-state index contributed by atoms with van der Waals surface area (Å²) >= 11 is 3.69. The van der Waals surface area contributed by atoms with Gasteiger partial charge < -0.3 is 25.4 Å². The molecule has 0 aliphatic carbocycles. The number of fused-ring (bicyclic) bond motifs is 2. The van der Waals surface area contributed by atoms with Crippen LogP contribution >= 0.6 is 15.9 Å². The average Bonchev–Trinajstić information content (AvgIpc) is 3.69. The van der Waals surface area contributed by atoms with Crippen LogP contribution < -0.4 is 10.6 Å². The average molecular weight is 626 g/mol. The highest BCUT2D eigenvalue weighted by Gasteiger charge is 2.77. The molecule has 4 heterocycles. The molecule has 7 atom stereocenters. The Morgan fingerprint density at radius 2 is 1.85 bits per heavy atom. The topological polar surface area (TPSA) is 139 Å². The van der Waals surface area contributed by atoms with Crippen LogP contribution in [0.15, 0.2) is 54.6 Å². The number of carbonyl (C=O) groups excluding carboxylic acids is 3. The number of carbonyl (C=O) groups is 3. The number of likely N-dealkylation sites (tertiary alicyclic amines) is 1. The van der Waals surface area contributed by atoms with Gasteiger partial charge in [-0.05, 0) is 30.0 Å². The largest absolute Gasteiger partial charge is 0.394 e. The molecule has 0 radical (unpaired) electrons. The Labute approximate surface area is 245 Å². The number of para-hydroxylation sites is 1. The van der Waals surface area contributed by atoms with Gasteiger partial charge in [0.2, 0.25) is 17.7 Å². The molecule has 1 aromatic heterocycles. The lowest BCUT2D eigenvalue weighted by atomic mass is 9.70. The predicted molar refractivity (Wildman–Crippen MR) is 152 cm³/mol. The van der Waals surface area contributed by atoms with E-state index in [1.54, 1.807) is 4.68 Å². The van der Waals surface area contributed by atoms with Crippen molar-refractivity contribution in [2.45, 2.75) is 62.1 Å². The van der Waals surface area contributed by atoms with Crippen LogP contribution in [0.25, 0.3) is 11.0 Å². The number of nitrogens with one attached hydrogen (secondary N) is 2. The van der Waals surface area contributed by atoms with Gasteiger partial charge in [0, 0.05) is 11.4 Å². The van der Waals surface area contributed by atoms with E-state index in [0.717, 1.165) is 11.1 Å². The SMILES string of the molecule is CC(C)[C@H](CO)N1C(=O)[C@@H]2[C@@H](C(=O)NCc3ccccc3)[C@@H]3OC2(CC3Br)C1C(=O)NCn1nnc2ccccc21. The first-order valence-corrected chi connectivity index (χ1v) is 14.8. The third-order valence-electron chi connectivity index (χ3n) is 8.72. The summed E-state index contributed by atoms with van der Waals surface area (Å²) in [4.78, 5) is 43.2. The number of hydrogen-bond acceptors (Lipinski definition) is 7. The molecule has 12 heteroatoms. The number of ether oxygens (including phenoxy) is 1. The molecule has 3 aromatic rings. The van der Waals surface area contributed by atoms with Crippen molar-refractivity contribution in [3.05, 3.63) is 60.2 Å². The molecule has 3 aliphatic heterocycles. The number of rotatable bonds is 9. The van der Waals surface area contributed by atoms with Crippen LogP contribution in [0.2, 0.25) is 0 Å². The van der Waals surface area contributed by atoms with Gasteiger partial charge >= 0.3 is 0 Å². The monoisotopic (exact) mass is 624 g/mol. The fourth-order valence-electron chi connectivity index (χ4n) is 6.83.